The number of likely N-dealkylation sites (tertiary alicyclic amines) is 2. The van der Waals surface area contributed by atoms with Gasteiger partial charge in [-0.25, -0.2) is 0 Å². The van der Waals surface area contributed by atoms with Crippen LogP contribution in [0.5, 0.6) is 0 Å². The van der Waals surface area contributed by atoms with E-state index in [-0.39, 0.29) is 5.41 Å². The summed E-state index contributed by atoms with van der Waals surface area (Å²) in [4.78, 5) is 22.1. The summed E-state index contributed by atoms with van der Waals surface area (Å²) in [5, 5.41) is 3.77. The van der Waals surface area contributed by atoms with Gasteiger partial charge in [-0.3, -0.25) is 9.78 Å². The lowest BCUT2D eigenvalue weighted by atomic mass is 9.77. The van der Waals surface area contributed by atoms with Crippen LogP contribution in [0.2, 0.25) is 0 Å². The molecule has 0 unspecified atom stereocenters. The highest BCUT2D eigenvalue weighted by Crippen LogP contribution is 2.42. The van der Waals surface area contributed by atoms with Gasteiger partial charge in [0.1, 0.15) is 0 Å². The van der Waals surface area contributed by atoms with Crippen LogP contribution in [-0.2, 0) is 11.3 Å². The number of amides is 1. The van der Waals surface area contributed by atoms with Gasteiger partial charge >= 0.3 is 0 Å². The fraction of sp³-hybridized carbons (Fsp3) is 0.556. The molecule has 0 aliphatic carbocycles. The van der Waals surface area contributed by atoms with E-state index in [2.05, 4.69) is 65.4 Å². The maximum atomic E-state index is 13.3. The molecule has 1 spiro atoms. The first kappa shape index (κ1) is 22.9. The van der Waals surface area contributed by atoms with E-state index in [4.69, 9.17) is 0 Å². The zero-order valence-corrected chi connectivity index (χ0v) is 19.7. The molecule has 172 valence electrons. The Hall–Kier alpha value is -2.24. The lowest BCUT2D eigenvalue weighted by molar-refractivity contribution is -0.138. The number of hydrogen-bond donors (Lipinski definition) is 1. The molecule has 5 heteroatoms. The number of benzene rings is 1. The number of nitrogens with one attached hydrogen (secondary N) is 1. The lowest BCUT2D eigenvalue weighted by Gasteiger charge is -2.38. The van der Waals surface area contributed by atoms with Crippen LogP contribution < -0.4 is 5.32 Å². The second-order valence-electron chi connectivity index (χ2n) is 10.0. The summed E-state index contributed by atoms with van der Waals surface area (Å²) >= 11 is 0. The van der Waals surface area contributed by atoms with E-state index in [1.54, 1.807) is 6.20 Å². The monoisotopic (exact) mass is 434 g/mol. The van der Waals surface area contributed by atoms with Gasteiger partial charge in [0.05, 0.1) is 5.41 Å². The molecule has 0 saturated carbocycles. The zero-order chi connectivity index (χ0) is 22.4. The summed E-state index contributed by atoms with van der Waals surface area (Å²) in [5.41, 5.74) is 2.36. The highest BCUT2D eigenvalue weighted by atomic mass is 16.2. The Morgan fingerprint density at radius 2 is 1.78 bits per heavy atom. The van der Waals surface area contributed by atoms with Crippen LogP contribution in [0.4, 0.5) is 0 Å². The van der Waals surface area contributed by atoms with Crippen LogP contribution >= 0.6 is 0 Å². The van der Waals surface area contributed by atoms with E-state index in [0.29, 0.717) is 24.4 Å². The third kappa shape index (κ3) is 5.57. The molecule has 1 N–H and O–H groups in total. The number of carbonyl (C=O) groups is 1. The number of carbonyl (C=O) groups excluding carboxylic acids is 1. The summed E-state index contributed by atoms with van der Waals surface area (Å²) in [6.07, 6.45) is 7.74. The van der Waals surface area contributed by atoms with E-state index in [0.717, 1.165) is 64.0 Å². The molecule has 1 amide bonds. The largest absolute Gasteiger partial charge is 0.338 e. The molecule has 1 atom stereocenters. The average Bonchev–Trinajstić information content (AvgIpc) is 3.11. The smallest absolute Gasteiger partial charge is 0.229 e. The van der Waals surface area contributed by atoms with Gasteiger partial charge in [0.15, 0.2) is 0 Å². The van der Waals surface area contributed by atoms with Crippen molar-refractivity contribution in [1.82, 2.24) is 20.1 Å². The van der Waals surface area contributed by atoms with E-state index < -0.39 is 0 Å². The summed E-state index contributed by atoms with van der Waals surface area (Å²) in [6, 6.07) is 15.2. The van der Waals surface area contributed by atoms with Crippen LogP contribution in [0.3, 0.4) is 0 Å². The summed E-state index contributed by atoms with van der Waals surface area (Å²) in [5.74, 6) is 1.00. The summed E-state index contributed by atoms with van der Waals surface area (Å²) in [7, 11) is 0. The first-order valence-corrected chi connectivity index (χ1v) is 12.2. The first-order valence-electron chi connectivity index (χ1n) is 12.2. The molecule has 1 aromatic carbocycles. The molecule has 2 fully saturated rings. The molecular formula is C27H38N4O. The molecule has 0 radical (unpaired) electrons. The second-order valence-corrected chi connectivity index (χ2v) is 10.0. The second kappa shape index (κ2) is 10.6. The van der Waals surface area contributed by atoms with Crippen molar-refractivity contribution in [2.75, 3.05) is 32.7 Å². The van der Waals surface area contributed by atoms with Crippen LogP contribution in [0.25, 0.3) is 0 Å². The van der Waals surface area contributed by atoms with Crippen LogP contribution in [-0.4, -0.2) is 53.4 Å². The van der Waals surface area contributed by atoms with Gasteiger partial charge in [-0.1, -0.05) is 50.2 Å². The number of hydrogen-bond acceptors (Lipinski definition) is 4. The van der Waals surface area contributed by atoms with Crippen LogP contribution in [0, 0.1) is 11.3 Å². The van der Waals surface area contributed by atoms with Gasteiger partial charge in [-0.15, -0.1) is 0 Å². The molecule has 3 heterocycles. The minimum Gasteiger partial charge on any atom is -0.338 e. The Morgan fingerprint density at radius 3 is 2.47 bits per heavy atom. The Balaban J connectivity index is 1.29. The van der Waals surface area contributed by atoms with Crippen molar-refractivity contribution in [1.29, 1.82) is 0 Å². The number of aromatic nitrogens is 1. The Morgan fingerprint density at radius 1 is 1.03 bits per heavy atom. The van der Waals surface area contributed by atoms with Crippen molar-refractivity contribution in [2.45, 2.75) is 52.1 Å². The molecule has 2 aliphatic rings. The molecule has 5 nitrogen and oxygen atoms in total. The number of rotatable bonds is 9. The highest BCUT2D eigenvalue weighted by molar-refractivity contribution is 5.85. The quantitative estimate of drug-likeness (QED) is 0.640. The van der Waals surface area contributed by atoms with E-state index in [9.17, 15) is 4.79 Å². The molecule has 2 saturated heterocycles. The molecule has 4 rings (SSSR count). The molecule has 32 heavy (non-hydrogen) atoms. The first-order chi connectivity index (χ1) is 15.6. The fourth-order valence-corrected chi connectivity index (χ4v) is 5.19. The van der Waals surface area contributed by atoms with Crippen molar-refractivity contribution in [3.63, 3.8) is 0 Å². The predicted octanol–water partition coefficient (Wildman–Crippen LogP) is 4.27. The van der Waals surface area contributed by atoms with Crippen molar-refractivity contribution in [3.05, 3.63) is 66.0 Å². The van der Waals surface area contributed by atoms with Crippen molar-refractivity contribution in [3.8, 4) is 0 Å². The normalized spacial score (nSPS) is 19.7. The third-order valence-corrected chi connectivity index (χ3v) is 7.22. The van der Waals surface area contributed by atoms with E-state index in [1.807, 2.05) is 17.2 Å². The van der Waals surface area contributed by atoms with Gasteiger partial charge in [-0.05, 0) is 75.0 Å². The Labute approximate surface area is 193 Å². The topological polar surface area (TPSA) is 48.5 Å². The SMILES string of the molecule is CC(C)CN[C@@H](CCN1CCC2(CC1)CCN(Cc1cccnc1)C2=O)c1ccccc1. The third-order valence-electron chi connectivity index (χ3n) is 7.22. The van der Waals surface area contributed by atoms with Crippen molar-refractivity contribution in [2.24, 2.45) is 11.3 Å². The number of piperidine rings is 1. The fourth-order valence-electron chi connectivity index (χ4n) is 5.19. The lowest BCUT2D eigenvalue weighted by Crippen LogP contribution is -2.45. The summed E-state index contributed by atoms with van der Waals surface area (Å²) < 4.78 is 0. The highest BCUT2D eigenvalue weighted by Gasteiger charge is 2.47. The van der Waals surface area contributed by atoms with E-state index in [1.165, 1.54) is 5.56 Å². The van der Waals surface area contributed by atoms with Gasteiger partial charge in [0.25, 0.3) is 0 Å². The van der Waals surface area contributed by atoms with Gasteiger partial charge in [0, 0.05) is 31.5 Å². The minimum absolute atomic E-state index is 0.132. The van der Waals surface area contributed by atoms with Crippen LogP contribution in [0.1, 0.15) is 56.7 Å². The average molecular weight is 435 g/mol. The van der Waals surface area contributed by atoms with Gasteiger partial charge < -0.3 is 15.1 Å². The van der Waals surface area contributed by atoms with Crippen LogP contribution in [0.15, 0.2) is 54.9 Å². The molecule has 0 bridgehead atoms. The maximum absolute atomic E-state index is 13.3. The zero-order valence-electron chi connectivity index (χ0n) is 19.7. The maximum Gasteiger partial charge on any atom is 0.229 e. The molecule has 2 aromatic rings. The van der Waals surface area contributed by atoms with Gasteiger partial charge in [0.2, 0.25) is 5.91 Å². The van der Waals surface area contributed by atoms with Crippen molar-refractivity contribution >= 4 is 5.91 Å². The Bertz CT molecular complexity index is 846. The van der Waals surface area contributed by atoms with E-state index >= 15 is 0 Å². The number of nitrogens with zero attached hydrogens (tertiary/aromatic N) is 3. The number of pyridine rings is 1. The summed E-state index contributed by atoms with van der Waals surface area (Å²) in [6.45, 7) is 10.3. The van der Waals surface area contributed by atoms with Gasteiger partial charge in [-0.2, -0.15) is 0 Å². The molecule has 2 aliphatic heterocycles. The van der Waals surface area contributed by atoms with Crippen molar-refractivity contribution < 1.29 is 4.79 Å². The molecular weight excluding hydrogens is 396 g/mol. The Kier molecular flexibility index (Phi) is 7.59. The minimum atomic E-state index is -0.132. The molecule has 1 aromatic heterocycles. The standard InChI is InChI=1S/C27H38N4O/c1-22(2)19-29-25(24-8-4-3-5-9-24)10-15-30-16-11-27(12-17-30)13-18-31(26(27)32)21-23-7-6-14-28-20-23/h3-9,14,20,22,25,29H,10-13,15-19,21H2,1-2H3/t25-/m0/s1. The predicted molar refractivity (Wildman–Crippen MR) is 129 cm³/mol.